The van der Waals surface area contributed by atoms with Gasteiger partial charge in [-0.2, -0.15) is 0 Å². The van der Waals surface area contributed by atoms with Gasteiger partial charge in [0.25, 0.3) is 0 Å². The Balaban J connectivity index is 1.93. The van der Waals surface area contributed by atoms with E-state index >= 15 is 0 Å². The average Bonchev–Trinajstić information content (AvgIpc) is 2.91. The maximum Gasteiger partial charge on any atom is 0.0686 e. The van der Waals surface area contributed by atoms with Crippen molar-refractivity contribution in [2.24, 2.45) is 5.92 Å². The highest BCUT2D eigenvalue weighted by atomic mass is 16.5. The van der Waals surface area contributed by atoms with Crippen molar-refractivity contribution in [3.63, 3.8) is 0 Å². The fourth-order valence-corrected chi connectivity index (χ4v) is 1.31. The van der Waals surface area contributed by atoms with Crippen LogP contribution in [0.2, 0.25) is 0 Å². The topological polar surface area (TPSA) is 21.3 Å². The zero-order valence-electron chi connectivity index (χ0n) is 10.4. The van der Waals surface area contributed by atoms with Gasteiger partial charge in [0.15, 0.2) is 0 Å². The average molecular weight is 211 g/mol. The van der Waals surface area contributed by atoms with Crippen LogP contribution in [0.1, 0.15) is 40.0 Å². The monoisotopic (exact) mass is 211 g/mol. The van der Waals surface area contributed by atoms with Gasteiger partial charge in [0.05, 0.1) is 6.61 Å². The third-order valence-electron chi connectivity index (χ3n) is 2.54. The molecule has 1 fully saturated rings. The Morgan fingerprint density at radius 1 is 1.40 bits per heavy atom. The second-order valence-electron chi connectivity index (χ2n) is 5.64. The third kappa shape index (κ3) is 7.57. The summed E-state index contributed by atoms with van der Waals surface area (Å²) in [5.41, 5.74) is 1.30. The molecular formula is C13H25NO. The molecular weight excluding hydrogens is 186 g/mol. The summed E-state index contributed by atoms with van der Waals surface area (Å²) >= 11 is 0. The van der Waals surface area contributed by atoms with Crippen LogP contribution >= 0.6 is 0 Å². The number of hydrogen-bond acceptors (Lipinski definition) is 2. The number of hydrogen-bond donors (Lipinski definition) is 1. The van der Waals surface area contributed by atoms with Gasteiger partial charge >= 0.3 is 0 Å². The van der Waals surface area contributed by atoms with Gasteiger partial charge in [0.1, 0.15) is 0 Å². The maximum atomic E-state index is 5.57. The number of rotatable bonds is 7. The summed E-state index contributed by atoms with van der Waals surface area (Å²) in [6.07, 6.45) is 4.06. The lowest BCUT2D eigenvalue weighted by molar-refractivity contribution is 0.147. The first-order valence-corrected chi connectivity index (χ1v) is 5.97. The first kappa shape index (κ1) is 12.7. The molecule has 1 saturated carbocycles. The SMILES string of the molecule is C=C(CNC(C)(C)C)COCCC1CC1. The highest BCUT2D eigenvalue weighted by Gasteiger charge is 2.20. The molecule has 2 heteroatoms. The van der Waals surface area contributed by atoms with E-state index in [-0.39, 0.29) is 5.54 Å². The maximum absolute atomic E-state index is 5.57. The van der Waals surface area contributed by atoms with Gasteiger partial charge in [0.2, 0.25) is 0 Å². The van der Waals surface area contributed by atoms with Crippen LogP contribution in [0.25, 0.3) is 0 Å². The predicted molar refractivity (Wildman–Crippen MR) is 65.1 cm³/mol. The molecule has 0 unspecified atom stereocenters. The van der Waals surface area contributed by atoms with Gasteiger partial charge in [-0.25, -0.2) is 0 Å². The van der Waals surface area contributed by atoms with Crippen LogP contribution in [0.5, 0.6) is 0 Å². The molecule has 0 aromatic carbocycles. The fraction of sp³-hybridized carbons (Fsp3) is 0.846. The van der Waals surface area contributed by atoms with Crippen molar-refractivity contribution in [2.45, 2.75) is 45.6 Å². The molecule has 0 spiro atoms. The molecule has 0 bridgehead atoms. The van der Waals surface area contributed by atoms with Gasteiger partial charge in [0, 0.05) is 18.7 Å². The lowest BCUT2D eigenvalue weighted by Crippen LogP contribution is -2.37. The minimum Gasteiger partial charge on any atom is -0.377 e. The van der Waals surface area contributed by atoms with E-state index in [0.717, 1.165) is 24.6 Å². The van der Waals surface area contributed by atoms with E-state index in [1.165, 1.54) is 19.3 Å². The van der Waals surface area contributed by atoms with E-state index in [4.69, 9.17) is 4.74 Å². The van der Waals surface area contributed by atoms with Crippen molar-refractivity contribution >= 4 is 0 Å². The number of nitrogens with one attached hydrogen (secondary N) is 1. The summed E-state index contributed by atoms with van der Waals surface area (Å²) in [5.74, 6) is 0.964. The molecule has 0 aromatic rings. The van der Waals surface area contributed by atoms with Crippen LogP contribution in [0.3, 0.4) is 0 Å². The Morgan fingerprint density at radius 3 is 2.60 bits per heavy atom. The molecule has 1 rings (SSSR count). The van der Waals surface area contributed by atoms with E-state index < -0.39 is 0 Å². The van der Waals surface area contributed by atoms with Gasteiger partial charge in [-0.15, -0.1) is 0 Å². The summed E-state index contributed by atoms with van der Waals surface area (Å²) < 4.78 is 5.57. The summed E-state index contributed by atoms with van der Waals surface area (Å²) in [6.45, 7) is 12.9. The smallest absolute Gasteiger partial charge is 0.0686 e. The van der Waals surface area contributed by atoms with E-state index in [2.05, 4.69) is 32.7 Å². The zero-order chi connectivity index (χ0) is 11.3. The number of ether oxygens (including phenoxy) is 1. The summed E-state index contributed by atoms with van der Waals surface area (Å²) in [7, 11) is 0. The third-order valence-corrected chi connectivity index (χ3v) is 2.54. The molecule has 0 amide bonds. The van der Waals surface area contributed by atoms with Crippen LogP contribution < -0.4 is 5.32 Å². The van der Waals surface area contributed by atoms with Crippen molar-refractivity contribution < 1.29 is 4.74 Å². The Labute approximate surface area is 94.1 Å². The molecule has 0 saturated heterocycles. The zero-order valence-corrected chi connectivity index (χ0v) is 10.4. The van der Waals surface area contributed by atoms with Crippen molar-refractivity contribution in [3.05, 3.63) is 12.2 Å². The minimum atomic E-state index is 0.164. The first-order valence-electron chi connectivity index (χ1n) is 5.97. The van der Waals surface area contributed by atoms with Gasteiger partial charge in [-0.1, -0.05) is 19.4 Å². The normalized spacial score (nSPS) is 16.7. The van der Waals surface area contributed by atoms with Gasteiger partial charge in [-0.3, -0.25) is 0 Å². The minimum absolute atomic E-state index is 0.164. The van der Waals surface area contributed by atoms with Crippen molar-refractivity contribution in [3.8, 4) is 0 Å². The Kier molecular flexibility index (Phi) is 4.81. The second-order valence-corrected chi connectivity index (χ2v) is 5.64. The molecule has 0 radical (unpaired) electrons. The van der Waals surface area contributed by atoms with E-state index in [1.807, 2.05) is 0 Å². The molecule has 0 heterocycles. The summed E-state index contributed by atoms with van der Waals surface area (Å²) in [6, 6.07) is 0. The van der Waals surface area contributed by atoms with Gasteiger partial charge in [-0.05, 0) is 38.7 Å². The van der Waals surface area contributed by atoms with Crippen molar-refractivity contribution in [1.82, 2.24) is 5.32 Å². The van der Waals surface area contributed by atoms with E-state index in [9.17, 15) is 0 Å². The lowest BCUT2D eigenvalue weighted by atomic mass is 10.1. The van der Waals surface area contributed by atoms with Crippen LogP contribution in [0, 0.1) is 5.92 Å². The Hall–Kier alpha value is -0.340. The first-order chi connectivity index (χ1) is 6.97. The second kappa shape index (κ2) is 5.66. The van der Waals surface area contributed by atoms with E-state index in [0.29, 0.717) is 6.61 Å². The molecule has 0 aromatic heterocycles. The Morgan fingerprint density at radius 2 is 2.07 bits per heavy atom. The molecule has 1 aliphatic carbocycles. The highest BCUT2D eigenvalue weighted by molar-refractivity contribution is 4.98. The van der Waals surface area contributed by atoms with Crippen LogP contribution in [0.4, 0.5) is 0 Å². The van der Waals surface area contributed by atoms with Crippen molar-refractivity contribution in [2.75, 3.05) is 19.8 Å². The summed E-state index contributed by atoms with van der Waals surface area (Å²) in [4.78, 5) is 0. The quantitative estimate of drug-likeness (QED) is 0.516. The van der Waals surface area contributed by atoms with Crippen LogP contribution in [-0.4, -0.2) is 25.3 Å². The van der Waals surface area contributed by atoms with E-state index in [1.54, 1.807) is 0 Å². The van der Waals surface area contributed by atoms with Gasteiger partial charge < -0.3 is 10.1 Å². The molecule has 2 nitrogen and oxygen atoms in total. The van der Waals surface area contributed by atoms with Crippen LogP contribution in [-0.2, 0) is 4.74 Å². The highest BCUT2D eigenvalue weighted by Crippen LogP contribution is 2.32. The lowest BCUT2D eigenvalue weighted by Gasteiger charge is -2.21. The van der Waals surface area contributed by atoms with Crippen LogP contribution in [0.15, 0.2) is 12.2 Å². The molecule has 0 aliphatic heterocycles. The molecule has 0 atom stereocenters. The molecule has 1 N–H and O–H groups in total. The molecule has 88 valence electrons. The predicted octanol–water partition coefficient (Wildman–Crippen LogP) is 2.75. The fourth-order valence-electron chi connectivity index (χ4n) is 1.31. The largest absolute Gasteiger partial charge is 0.377 e. The molecule has 1 aliphatic rings. The molecule has 15 heavy (non-hydrogen) atoms. The van der Waals surface area contributed by atoms with Crippen molar-refractivity contribution in [1.29, 1.82) is 0 Å². The Bertz CT molecular complexity index is 201. The standard InChI is InChI=1S/C13H25NO/c1-11(9-14-13(2,3)4)10-15-8-7-12-5-6-12/h12,14H,1,5-10H2,2-4H3. The summed E-state index contributed by atoms with van der Waals surface area (Å²) in [5, 5.41) is 3.40.